The highest BCUT2D eigenvalue weighted by atomic mass is 16.6. The summed E-state index contributed by atoms with van der Waals surface area (Å²) in [6.45, 7) is 8.83. The molecule has 0 spiro atoms. The number of aryl methyl sites for hydroxylation is 1. The van der Waals surface area contributed by atoms with Crippen molar-refractivity contribution in [2.24, 2.45) is 0 Å². The normalized spacial score (nSPS) is 20.5. The second-order valence-electron chi connectivity index (χ2n) is 9.45. The zero-order valence-electron chi connectivity index (χ0n) is 18.7. The van der Waals surface area contributed by atoms with E-state index < -0.39 is 11.7 Å². The maximum atomic E-state index is 12.9. The fourth-order valence-electron chi connectivity index (χ4n) is 4.37. The molecule has 2 saturated heterocycles. The third-order valence-corrected chi connectivity index (χ3v) is 6.26. The van der Waals surface area contributed by atoms with Gasteiger partial charge < -0.3 is 14.5 Å². The number of hydrogen-bond donors (Lipinski definition) is 0. The molecular formula is C23H28N6O3. The van der Waals surface area contributed by atoms with Crippen molar-refractivity contribution in [3.63, 3.8) is 0 Å². The summed E-state index contributed by atoms with van der Waals surface area (Å²) < 4.78 is 5.30. The predicted octanol–water partition coefficient (Wildman–Crippen LogP) is 2.76. The number of pyridine rings is 1. The van der Waals surface area contributed by atoms with Gasteiger partial charge >= 0.3 is 6.09 Å². The summed E-state index contributed by atoms with van der Waals surface area (Å²) in [6, 6.07) is 5.53. The largest absolute Gasteiger partial charge is 0.441 e. The molecule has 2 aromatic rings. The number of piperazine rings is 1. The second-order valence-corrected chi connectivity index (χ2v) is 9.45. The van der Waals surface area contributed by atoms with Gasteiger partial charge in [-0.3, -0.25) is 9.69 Å². The molecule has 9 heteroatoms. The molecule has 0 radical (unpaired) electrons. The Morgan fingerprint density at radius 2 is 1.88 bits per heavy atom. The van der Waals surface area contributed by atoms with E-state index in [0.717, 1.165) is 18.9 Å². The quantitative estimate of drug-likeness (QED) is 0.728. The molecule has 2 amide bonds. The van der Waals surface area contributed by atoms with Gasteiger partial charge in [-0.1, -0.05) is 6.07 Å². The third-order valence-electron chi connectivity index (χ3n) is 6.26. The molecule has 3 fully saturated rings. The van der Waals surface area contributed by atoms with Gasteiger partial charge in [0.15, 0.2) is 11.5 Å². The Morgan fingerprint density at radius 3 is 2.44 bits per heavy atom. The molecule has 0 bridgehead atoms. The van der Waals surface area contributed by atoms with Crippen LogP contribution in [0.5, 0.6) is 0 Å². The van der Waals surface area contributed by atoms with Crippen LogP contribution in [0.3, 0.4) is 0 Å². The molecule has 0 N–H and O–H groups in total. The van der Waals surface area contributed by atoms with Crippen molar-refractivity contribution in [2.45, 2.75) is 45.1 Å². The van der Waals surface area contributed by atoms with Crippen molar-refractivity contribution in [3.05, 3.63) is 41.2 Å². The summed E-state index contributed by atoms with van der Waals surface area (Å²) in [5, 5.41) is 8.19. The summed E-state index contributed by atoms with van der Waals surface area (Å²) in [7, 11) is 0. The first kappa shape index (κ1) is 20.7. The van der Waals surface area contributed by atoms with Crippen molar-refractivity contribution in [3.8, 4) is 0 Å². The van der Waals surface area contributed by atoms with E-state index in [1.807, 2.05) is 20.0 Å². The number of carbonyl (C=O) groups excluding carboxylic acids is 2. The first-order valence-corrected chi connectivity index (χ1v) is 11.2. The number of ether oxygens (including phenoxy) is 1. The van der Waals surface area contributed by atoms with Crippen LogP contribution in [0.1, 0.15) is 54.2 Å². The molecule has 2 aromatic heterocycles. The molecule has 0 atom stereocenters. The number of amides is 2. The number of hydrogen-bond acceptors (Lipinski definition) is 7. The highest BCUT2D eigenvalue weighted by molar-refractivity contribution is 5.93. The highest BCUT2D eigenvalue weighted by Gasteiger charge is 2.39. The predicted molar refractivity (Wildman–Crippen MR) is 119 cm³/mol. The van der Waals surface area contributed by atoms with Gasteiger partial charge in [-0.15, -0.1) is 10.2 Å². The lowest BCUT2D eigenvalue weighted by molar-refractivity contribution is 0.0739. The smallest absolute Gasteiger partial charge is 0.416 e. The lowest BCUT2D eigenvalue weighted by Crippen LogP contribution is -2.49. The lowest BCUT2D eigenvalue weighted by Gasteiger charge is -2.36. The Labute approximate surface area is 187 Å². The van der Waals surface area contributed by atoms with Gasteiger partial charge in [0.2, 0.25) is 0 Å². The molecule has 32 heavy (non-hydrogen) atoms. The Morgan fingerprint density at radius 1 is 1.12 bits per heavy atom. The van der Waals surface area contributed by atoms with Crippen LogP contribution in [0.25, 0.3) is 0 Å². The second kappa shape index (κ2) is 7.72. The van der Waals surface area contributed by atoms with Gasteiger partial charge in [0.05, 0.1) is 6.54 Å². The van der Waals surface area contributed by atoms with E-state index in [4.69, 9.17) is 9.72 Å². The number of nitrogens with zero attached hydrogens (tertiary/aromatic N) is 6. The monoisotopic (exact) mass is 436 g/mol. The Bertz CT molecular complexity index is 1040. The van der Waals surface area contributed by atoms with Gasteiger partial charge in [-0.2, -0.15) is 0 Å². The zero-order valence-corrected chi connectivity index (χ0v) is 18.7. The van der Waals surface area contributed by atoms with E-state index in [-0.39, 0.29) is 11.6 Å². The molecule has 2 aliphatic heterocycles. The lowest BCUT2D eigenvalue weighted by atomic mass is 10.1. The van der Waals surface area contributed by atoms with Gasteiger partial charge in [0.25, 0.3) is 5.91 Å². The Hall–Kier alpha value is -3.23. The first-order valence-electron chi connectivity index (χ1n) is 11.2. The maximum Gasteiger partial charge on any atom is 0.416 e. The third kappa shape index (κ3) is 3.99. The minimum absolute atomic E-state index is 0.151. The molecular weight excluding hydrogens is 408 g/mol. The van der Waals surface area contributed by atoms with Crippen molar-refractivity contribution >= 4 is 23.6 Å². The minimum Gasteiger partial charge on any atom is -0.441 e. The van der Waals surface area contributed by atoms with Crippen LogP contribution in [0.2, 0.25) is 0 Å². The fourth-order valence-corrected chi connectivity index (χ4v) is 4.37. The van der Waals surface area contributed by atoms with Crippen LogP contribution in [0.15, 0.2) is 24.4 Å². The maximum absolute atomic E-state index is 12.9. The van der Waals surface area contributed by atoms with Gasteiger partial charge in [0, 0.05) is 32.4 Å². The van der Waals surface area contributed by atoms with Crippen LogP contribution in [-0.2, 0) is 4.74 Å². The summed E-state index contributed by atoms with van der Waals surface area (Å²) in [5.41, 5.74) is 2.24. The Balaban J connectivity index is 1.21. The van der Waals surface area contributed by atoms with Crippen LogP contribution in [0, 0.1) is 6.92 Å². The van der Waals surface area contributed by atoms with Crippen LogP contribution in [0.4, 0.5) is 16.4 Å². The van der Waals surface area contributed by atoms with E-state index in [2.05, 4.69) is 28.1 Å². The summed E-state index contributed by atoms with van der Waals surface area (Å²) in [4.78, 5) is 35.1. The molecule has 9 nitrogen and oxygen atoms in total. The molecule has 1 aliphatic carbocycles. The van der Waals surface area contributed by atoms with E-state index in [1.54, 1.807) is 17.0 Å². The van der Waals surface area contributed by atoms with Gasteiger partial charge in [-0.05, 0) is 62.8 Å². The topological polar surface area (TPSA) is 91.8 Å². The standard InChI is InChI=1S/C23H28N6O3/c1-15-12-17(16-4-5-16)13-24-20(15)27-8-10-28(11-9-27)21(30)18-6-7-19(26-25-18)29-14-23(2,3)32-22(29)31/h6-7,12-13,16H,4-5,8-11,14H2,1-3H3. The number of aromatic nitrogens is 3. The summed E-state index contributed by atoms with van der Waals surface area (Å²) >= 11 is 0. The van der Waals surface area contributed by atoms with Crippen LogP contribution >= 0.6 is 0 Å². The molecule has 0 unspecified atom stereocenters. The van der Waals surface area contributed by atoms with Crippen LogP contribution < -0.4 is 9.80 Å². The minimum atomic E-state index is -0.571. The molecule has 168 valence electrons. The number of cyclic esters (lactones) is 1. The van der Waals surface area contributed by atoms with Crippen molar-refractivity contribution < 1.29 is 14.3 Å². The van der Waals surface area contributed by atoms with E-state index in [1.165, 1.54) is 28.9 Å². The average Bonchev–Trinajstić information content (AvgIpc) is 3.58. The van der Waals surface area contributed by atoms with Crippen LogP contribution in [-0.4, -0.2) is 70.4 Å². The highest BCUT2D eigenvalue weighted by Crippen LogP contribution is 2.40. The van der Waals surface area contributed by atoms with Gasteiger partial charge in [-0.25, -0.2) is 9.78 Å². The summed E-state index contributed by atoms with van der Waals surface area (Å²) in [6.07, 6.45) is 4.09. The van der Waals surface area contributed by atoms with Crippen molar-refractivity contribution in [1.82, 2.24) is 20.1 Å². The SMILES string of the molecule is Cc1cc(C2CC2)cnc1N1CCN(C(=O)c2ccc(N3CC(C)(C)OC3=O)nn2)CC1. The van der Waals surface area contributed by atoms with Crippen molar-refractivity contribution in [1.29, 1.82) is 0 Å². The van der Waals surface area contributed by atoms with E-state index in [0.29, 0.717) is 31.4 Å². The molecule has 5 rings (SSSR count). The average molecular weight is 437 g/mol. The Kier molecular flexibility index (Phi) is 4.98. The van der Waals surface area contributed by atoms with E-state index in [9.17, 15) is 9.59 Å². The molecule has 3 aliphatic rings. The number of anilines is 2. The van der Waals surface area contributed by atoms with E-state index >= 15 is 0 Å². The van der Waals surface area contributed by atoms with Crippen molar-refractivity contribution in [2.75, 3.05) is 42.5 Å². The zero-order chi connectivity index (χ0) is 22.5. The first-order chi connectivity index (χ1) is 15.3. The summed E-state index contributed by atoms with van der Waals surface area (Å²) in [5.74, 6) is 1.94. The molecule has 1 saturated carbocycles. The fraction of sp³-hybridized carbons (Fsp3) is 0.522. The van der Waals surface area contributed by atoms with Gasteiger partial charge in [0.1, 0.15) is 11.4 Å². The molecule has 4 heterocycles. The molecule has 0 aromatic carbocycles. The number of carbonyl (C=O) groups is 2. The number of rotatable bonds is 4.